The van der Waals surface area contributed by atoms with Gasteiger partial charge in [-0.3, -0.25) is 4.79 Å². The van der Waals surface area contributed by atoms with Gasteiger partial charge in [-0.1, -0.05) is 70.7 Å². The first-order valence-electron chi connectivity index (χ1n) is 8.91. The summed E-state index contributed by atoms with van der Waals surface area (Å²) in [5.74, 6) is -0.172. The Morgan fingerprint density at radius 2 is 1.74 bits per heavy atom. The Bertz CT molecular complexity index is 1200. The molecule has 3 rings (SSSR count). The van der Waals surface area contributed by atoms with Crippen LogP contribution in [0.2, 0.25) is 20.1 Å². The molecule has 0 aliphatic carbocycles. The number of halogens is 4. The lowest BCUT2D eigenvalue weighted by Gasteiger charge is -2.10. The molecule has 0 radical (unpaired) electrons. The highest BCUT2D eigenvalue weighted by Crippen LogP contribution is 2.29. The molecule has 0 aliphatic rings. The van der Waals surface area contributed by atoms with Crippen molar-refractivity contribution in [2.75, 3.05) is 5.32 Å². The molecule has 0 saturated heterocycles. The van der Waals surface area contributed by atoms with Gasteiger partial charge in [0, 0.05) is 15.6 Å². The third-order valence-corrected chi connectivity index (χ3v) is 5.38. The highest BCUT2D eigenvalue weighted by atomic mass is 35.5. The van der Waals surface area contributed by atoms with Crippen LogP contribution in [0, 0.1) is 11.3 Å². The van der Waals surface area contributed by atoms with Crippen LogP contribution in [-0.4, -0.2) is 5.91 Å². The molecule has 0 heterocycles. The molecule has 0 aliphatic heterocycles. The molecule has 3 aromatic carbocycles. The van der Waals surface area contributed by atoms with Crippen LogP contribution in [0.25, 0.3) is 6.08 Å². The number of hydrogen-bond acceptors (Lipinski definition) is 3. The summed E-state index contributed by atoms with van der Waals surface area (Å²) in [5, 5.41) is 13.6. The number of nitrogens with zero attached hydrogens (tertiary/aromatic N) is 1. The normalized spacial score (nSPS) is 11.0. The number of nitrogens with one attached hydrogen (secondary N) is 1. The predicted octanol–water partition coefficient (Wildman–Crippen LogP) is 7.42. The number of nitriles is 1. The second-order valence-electron chi connectivity index (χ2n) is 6.32. The standard InChI is InChI=1S/C23H14Cl4N2O2/c24-17-6-7-19(26)21(11-17)29-23(30)16(12-28)9-14-5-8-22(20(27)10-14)31-13-15-3-1-2-4-18(15)25/h1-11H,13H2,(H,29,30)/b16-9+. The fourth-order valence-corrected chi connectivity index (χ4v) is 3.36. The zero-order valence-corrected chi connectivity index (χ0v) is 18.9. The summed E-state index contributed by atoms with van der Waals surface area (Å²) in [6, 6.07) is 18.8. The van der Waals surface area contributed by atoms with E-state index in [1.165, 1.54) is 12.1 Å². The molecular formula is C23H14Cl4N2O2. The molecular weight excluding hydrogens is 478 g/mol. The largest absolute Gasteiger partial charge is 0.487 e. The molecule has 0 aromatic heterocycles. The van der Waals surface area contributed by atoms with Gasteiger partial charge in [0.1, 0.15) is 24.0 Å². The Morgan fingerprint density at radius 3 is 2.45 bits per heavy atom. The second kappa shape index (κ2) is 10.6. The SMILES string of the molecule is N#C/C(=C\c1ccc(OCc2ccccc2Cl)c(Cl)c1)C(=O)Nc1cc(Cl)ccc1Cl. The van der Waals surface area contributed by atoms with Crippen LogP contribution < -0.4 is 10.1 Å². The number of anilines is 1. The molecule has 0 fully saturated rings. The second-order valence-corrected chi connectivity index (χ2v) is 7.98. The van der Waals surface area contributed by atoms with Crippen LogP contribution in [0.1, 0.15) is 11.1 Å². The maximum Gasteiger partial charge on any atom is 0.266 e. The first kappa shape index (κ1) is 23.0. The zero-order chi connectivity index (χ0) is 22.4. The highest BCUT2D eigenvalue weighted by Gasteiger charge is 2.13. The molecule has 1 amide bonds. The number of amides is 1. The van der Waals surface area contributed by atoms with Crippen molar-refractivity contribution in [1.82, 2.24) is 0 Å². The number of benzene rings is 3. The van der Waals surface area contributed by atoms with E-state index < -0.39 is 5.91 Å². The molecule has 0 atom stereocenters. The van der Waals surface area contributed by atoms with Gasteiger partial charge in [0.2, 0.25) is 0 Å². The average molecular weight is 492 g/mol. The van der Waals surface area contributed by atoms with E-state index in [0.717, 1.165) is 5.56 Å². The minimum Gasteiger partial charge on any atom is -0.487 e. The van der Waals surface area contributed by atoms with E-state index >= 15 is 0 Å². The molecule has 31 heavy (non-hydrogen) atoms. The van der Waals surface area contributed by atoms with Gasteiger partial charge in [-0.05, 0) is 48.0 Å². The van der Waals surface area contributed by atoms with E-state index in [4.69, 9.17) is 51.1 Å². The van der Waals surface area contributed by atoms with E-state index in [1.807, 2.05) is 24.3 Å². The van der Waals surface area contributed by atoms with Crippen LogP contribution in [0.4, 0.5) is 5.69 Å². The van der Waals surface area contributed by atoms with Crippen molar-refractivity contribution < 1.29 is 9.53 Å². The van der Waals surface area contributed by atoms with E-state index in [0.29, 0.717) is 37.1 Å². The number of carbonyl (C=O) groups excluding carboxylic acids is 1. The van der Waals surface area contributed by atoms with Crippen molar-refractivity contribution in [3.05, 3.63) is 97.5 Å². The van der Waals surface area contributed by atoms with Crippen LogP contribution >= 0.6 is 46.4 Å². The predicted molar refractivity (Wildman–Crippen MR) is 126 cm³/mol. The van der Waals surface area contributed by atoms with Gasteiger partial charge in [-0.15, -0.1) is 0 Å². The molecule has 0 unspecified atom stereocenters. The minimum absolute atomic E-state index is 0.128. The first-order chi connectivity index (χ1) is 14.9. The molecule has 0 spiro atoms. The Labute approximate surface area is 199 Å². The summed E-state index contributed by atoms with van der Waals surface area (Å²) in [4.78, 5) is 12.5. The van der Waals surface area contributed by atoms with Gasteiger partial charge < -0.3 is 10.1 Å². The monoisotopic (exact) mass is 490 g/mol. The number of rotatable bonds is 6. The minimum atomic E-state index is -0.623. The molecule has 4 nitrogen and oxygen atoms in total. The van der Waals surface area contributed by atoms with Gasteiger partial charge in [-0.25, -0.2) is 0 Å². The fourth-order valence-electron chi connectivity index (χ4n) is 2.59. The topological polar surface area (TPSA) is 62.1 Å². The molecule has 156 valence electrons. The lowest BCUT2D eigenvalue weighted by molar-refractivity contribution is -0.112. The van der Waals surface area contributed by atoms with E-state index in [2.05, 4.69) is 5.32 Å². The van der Waals surface area contributed by atoms with Crippen molar-refractivity contribution in [2.24, 2.45) is 0 Å². The lowest BCUT2D eigenvalue weighted by Crippen LogP contribution is -2.13. The maximum atomic E-state index is 12.5. The van der Waals surface area contributed by atoms with E-state index in [9.17, 15) is 10.1 Å². The molecule has 8 heteroatoms. The van der Waals surface area contributed by atoms with Gasteiger partial charge in [0.05, 0.1) is 15.7 Å². The van der Waals surface area contributed by atoms with Crippen LogP contribution in [0.5, 0.6) is 5.75 Å². The average Bonchev–Trinajstić information content (AvgIpc) is 2.75. The summed E-state index contributed by atoms with van der Waals surface area (Å²) in [6.07, 6.45) is 1.41. The van der Waals surface area contributed by atoms with Gasteiger partial charge >= 0.3 is 0 Å². The summed E-state index contributed by atoms with van der Waals surface area (Å²) >= 11 is 24.4. The van der Waals surface area contributed by atoms with Gasteiger partial charge in [0.25, 0.3) is 5.91 Å². The van der Waals surface area contributed by atoms with Gasteiger partial charge in [-0.2, -0.15) is 5.26 Å². The highest BCUT2D eigenvalue weighted by molar-refractivity contribution is 6.36. The zero-order valence-electron chi connectivity index (χ0n) is 15.8. The number of carbonyl (C=O) groups is 1. The maximum absolute atomic E-state index is 12.5. The Balaban J connectivity index is 1.74. The van der Waals surface area contributed by atoms with Crippen molar-refractivity contribution in [1.29, 1.82) is 5.26 Å². The van der Waals surface area contributed by atoms with Crippen molar-refractivity contribution in [3.63, 3.8) is 0 Å². The van der Waals surface area contributed by atoms with Crippen LogP contribution in [0.3, 0.4) is 0 Å². The van der Waals surface area contributed by atoms with E-state index in [-0.39, 0.29) is 12.2 Å². The third-order valence-electron chi connectivity index (χ3n) is 4.15. The lowest BCUT2D eigenvalue weighted by atomic mass is 10.1. The molecule has 0 saturated carbocycles. The summed E-state index contributed by atoms with van der Waals surface area (Å²) in [5.41, 5.74) is 1.56. The van der Waals surface area contributed by atoms with Crippen LogP contribution in [0.15, 0.2) is 66.2 Å². The Hall–Kier alpha value is -2.68. The molecule has 3 aromatic rings. The molecule has 0 bridgehead atoms. The van der Waals surface area contributed by atoms with Crippen molar-refractivity contribution in [3.8, 4) is 11.8 Å². The Morgan fingerprint density at radius 1 is 0.968 bits per heavy atom. The van der Waals surface area contributed by atoms with E-state index in [1.54, 1.807) is 36.4 Å². The summed E-state index contributed by atoms with van der Waals surface area (Å²) in [7, 11) is 0. The summed E-state index contributed by atoms with van der Waals surface area (Å²) < 4.78 is 5.73. The first-order valence-corrected chi connectivity index (χ1v) is 10.4. The third kappa shape index (κ3) is 6.16. The molecule has 1 N–H and O–H groups in total. The fraction of sp³-hybridized carbons (Fsp3) is 0.0435. The van der Waals surface area contributed by atoms with Gasteiger partial charge in [0.15, 0.2) is 0 Å². The number of hydrogen-bond donors (Lipinski definition) is 1. The quantitative estimate of drug-likeness (QED) is 0.288. The van der Waals surface area contributed by atoms with Crippen molar-refractivity contribution >= 4 is 64.1 Å². The van der Waals surface area contributed by atoms with Crippen molar-refractivity contribution in [2.45, 2.75) is 6.61 Å². The van der Waals surface area contributed by atoms with Crippen LogP contribution in [-0.2, 0) is 11.4 Å². The number of ether oxygens (including phenoxy) is 1. The smallest absolute Gasteiger partial charge is 0.266 e. The summed E-state index contributed by atoms with van der Waals surface area (Å²) in [6.45, 7) is 0.251. The Kier molecular flexibility index (Phi) is 7.84.